The molecule has 6 nitrogen and oxygen atoms in total. The lowest BCUT2D eigenvalue weighted by Gasteiger charge is -2.06. The Morgan fingerprint density at radius 2 is 1.88 bits per heavy atom. The number of nitrogens with two attached hydrogens (primary N) is 2. The van der Waals surface area contributed by atoms with Crippen LogP contribution in [0.5, 0.6) is 0 Å². The number of halogens is 1. The highest BCUT2D eigenvalue weighted by Crippen LogP contribution is 2.11. The Bertz CT molecular complexity index is 436. The molecule has 0 heterocycles. The van der Waals surface area contributed by atoms with E-state index in [9.17, 15) is 14.0 Å². The molecule has 92 valence electrons. The van der Waals surface area contributed by atoms with Gasteiger partial charge < -0.3 is 22.1 Å². The van der Waals surface area contributed by atoms with E-state index >= 15 is 0 Å². The minimum absolute atomic E-state index is 0.0988. The van der Waals surface area contributed by atoms with E-state index in [0.29, 0.717) is 0 Å². The van der Waals surface area contributed by atoms with Crippen molar-refractivity contribution in [3.63, 3.8) is 0 Å². The maximum absolute atomic E-state index is 13.3. The van der Waals surface area contributed by atoms with Crippen molar-refractivity contribution in [3.05, 3.63) is 29.6 Å². The topological polar surface area (TPSA) is 110 Å². The van der Waals surface area contributed by atoms with Crippen LogP contribution in [0.15, 0.2) is 18.2 Å². The highest BCUT2D eigenvalue weighted by Gasteiger charge is 2.10. The maximum atomic E-state index is 13.3. The van der Waals surface area contributed by atoms with Crippen molar-refractivity contribution >= 4 is 17.6 Å². The van der Waals surface area contributed by atoms with Gasteiger partial charge in [-0.25, -0.2) is 9.18 Å². The van der Waals surface area contributed by atoms with Crippen LogP contribution in [-0.2, 0) is 0 Å². The molecule has 0 atom stereocenters. The normalized spacial score (nSPS) is 9.71. The first kappa shape index (κ1) is 12.8. The monoisotopic (exact) mass is 240 g/mol. The van der Waals surface area contributed by atoms with Crippen molar-refractivity contribution in [1.82, 2.24) is 10.6 Å². The Hall–Kier alpha value is -2.31. The zero-order valence-electron chi connectivity index (χ0n) is 9.00. The van der Waals surface area contributed by atoms with Crippen LogP contribution in [-0.4, -0.2) is 25.0 Å². The molecule has 1 aromatic rings. The zero-order valence-corrected chi connectivity index (χ0v) is 9.00. The number of carbonyl (C=O) groups is 2. The van der Waals surface area contributed by atoms with Gasteiger partial charge in [0.05, 0.1) is 5.56 Å². The van der Waals surface area contributed by atoms with E-state index in [1.807, 2.05) is 0 Å². The predicted molar refractivity (Wildman–Crippen MR) is 60.7 cm³/mol. The van der Waals surface area contributed by atoms with Gasteiger partial charge in [0.1, 0.15) is 5.82 Å². The van der Waals surface area contributed by atoms with Crippen LogP contribution in [0.4, 0.5) is 14.9 Å². The van der Waals surface area contributed by atoms with Crippen LogP contribution >= 0.6 is 0 Å². The van der Waals surface area contributed by atoms with E-state index in [-0.39, 0.29) is 24.3 Å². The first-order chi connectivity index (χ1) is 8.00. The molecule has 0 aliphatic rings. The van der Waals surface area contributed by atoms with Gasteiger partial charge in [-0.15, -0.1) is 0 Å². The molecule has 1 aromatic carbocycles. The number of hydrogen-bond donors (Lipinski definition) is 4. The number of benzene rings is 1. The van der Waals surface area contributed by atoms with E-state index in [4.69, 9.17) is 11.5 Å². The number of amides is 3. The molecule has 0 aliphatic carbocycles. The Morgan fingerprint density at radius 1 is 1.24 bits per heavy atom. The molecule has 0 saturated heterocycles. The molecular weight excluding hydrogens is 227 g/mol. The highest BCUT2D eigenvalue weighted by atomic mass is 19.1. The third kappa shape index (κ3) is 3.98. The smallest absolute Gasteiger partial charge is 0.312 e. The number of nitrogen functional groups attached to an aromatic ring is 1. The summed E-state index contributed by atoms with van der Waals surface area (Å²) in [7, 11) is 0. The molecule has 6 N–H and O–H groups in total. The van der Waals surface area contributed by atoms with Crippen LogP contribution in [0.2, 0.25) is 0 Å². The molecule has 0 bridgehead atoms. The number of rotatable bonds is 4. The minimum atomic E-state index is -0.689. The third-order valence-corrected chi connectivity index (χ3v) is 1.95. The van der Waals surface area contributed by atoms with Crippen LogP contribution in [0, 0.1) is 5.82 Å². The van der Waals surface area contributed by atoms with E-state index in [1.54, 1.807) is 0 Å². The highest BCUT2D eigenvalue weighted by molar-refractivity contribution is 5.94. The SMILES string of the molecule is NC(=O)NCCNC(=O)c1ccc(N)cc1F. The van der Waals surface area contributed by atoms with Crippen LogP contribution in [0.3, 0.4) is 0 Å². The lowest BCUT2D eigenvalue weighted by Crippen LogP contribution is -2.37. The first-order valence-corrected chi connectivity index (χ1v) is 4.87. The molecule has 0 unspecified atom stereocenters. The minimum Gasteiger partial charge on any atom is -0.399 e. The molecule has 17 heavy (non-hydrogen) atoms. The molecule has 1 rings (SSSR count). The second-order valence-corrected chi connectivity index (χ2v) is 3.29. The summed E-state index contributed by atoms with van der Waals surface area (Å²) in [5.41, 5.74) is 10.3. The van der Waals surface area contributed by atoms with Gasteiger partial charge in [0, 0.05) is 18.8 Å². The molecule has 0 spiro atoms. The number of primary amides is 1. The molecule has 0 saturated carbocycles. The Labute approximate surface area is 97.2 Å². The summed E-state index contributed by atoms with van der Waals surface area (Å²) in [6.45, 7) is 0.337. The Balaban J connectivity index is 2.50. The lowest BCUT2D eigenvalue weighted by molar-refractivity contribution is 0.0950. The molecule has 0 aliphatic heterocycles. The van der Waals surface area contributed by atoms with Crippen LogP contribution < -0.4 is 22.1 Å². The number of nitrogens with one attached hydrogen (secondary N) is 2. The second kappa shape index (κ2) is 5.69. The summed E-state index contributed by atoms with van der Waals surface area (Å²) in [4.78, 5) is 21.8. The summed E-state index contributed by atoms with van der Waals surface area (Å²) < 4.78 is 13.3. The summed E-state index contributed by atoms with van der Waals surface area (Å²) in [6, 6.07) is 3.11. The molecule has 0 aromatic heterocycles. The fraction of sp³-hybridized carbons (Fsp3) is 0.200. The van der Waals surface area contributed by atoms with Crippen molar-refractivity contribution in [2.75, 3.05) is 18.8 Å². The van der Waals surface area contributed by atoms with E-state index in [1.165, 1.54) is 12.1 Å². The molecule has 3 amide bonds. The summed E-state index contributed by atoms with van der Waals surface area (Å²) in [5.74, 6) is -1.26. The van der Waals surface area contributed by atoms with Gasteiger partial charge in [-0.3, -0.25) is 4.79 Å². The van der Waals surface area contributed by atoms with Crippen molar-refractivity contribution in [2.45, 2.75) is 0 Å². The summed E-state index contributed by atoms with van der Waals surface area (Å²) in [6.07, 6.45) is 0. The number of urea groups is 1. The van der Waals surface area contributed by atoms with Gasteiger partial charge in [0.25, 0.3) is 5.91 Å². The van der Waals surface area contributed by atoms with Crippen LogP contribution in [0.1, 0.15) is 10.4 Å². The van der Waals surface area contributed by atoms with Gasteiger partial charge in [0.2, 0.25) is 0 Å². The Kier molecular flexibility index (Phi) is 4.27. The van der Waals surface area contributed by atoms with Crippen molar-refractivity contribution in [1.29, 1.82) is 0 Å². The largest absolute Gasteiger partial charge is 0.399 e. The van der Waals surface area contributed by atoms with E-state index in [2.05, 4.69) is 10.6 Å². The van der Waals surface area contributed by atoms with Gasteiger partial charge in [-0.1, -0.05) is 0 Å². The molecule has 0 fully saturated rings. The first-order valence-electron chi connectivity index (χ1n) is 4.87. The van der Waals surface area contributed by atoms with Gasteiger partial charge in [0.15, 0.2) is 0 Å². The maximum Gasteiger partial charge on any atom is 0.312 e. The van der Waals surface area contributed by atoms with Crippen molar-refractivity contribution in [2.24, 2.45) is 5.73 Å². The Morgan fingerprint density at radius 3 is 2.47 bits per heavy atom. The van der Waals surface area contributed by atoms with Crippen molar-refractivity contribution < 1.29 is 14.0 Å². The average molecular weight is 240 g/mol. The standard InChI is InChI=1S/C10H13FN4O2/c11-8-5-6(12)1-2-7(8)9(16)14-3-4-15-10(13)17/h1-2,5H,3-4,12H2,(H,14,16)(H3,13,15,17). The van der Waals surface area contributed by atoms with Gasteiger partial charge in [-0.2, -0.15) is 0 Å². The lowest BCUT2D eigenvalue weighted by atomic mass is 10.2. The van der Waals surface area contributed by atoms with E-state index < -0.39 is 17.8 Å². The predicted octanol–water partition coefficient (Wildman–Crippen LogP) is -0.194. The number of hydrogen-bond acceptors (Lipinski definition) is 3. The fourth-order valence-electron chi connectivity index (χ4n) is 1.17. The fourth-order valence-corrected chi connectivity index (χ4v) is 1.17. The zero-order chi connectivity index (χ0) is 12.8. The summed E-state index contributed by atoms with van der Waals surface area (Å²) in [5, 5.41) is 4.71. The quantitative estimate of drug-likeness (QED) is 0.432. The molecule has 0 radical (unpaired) electrons. The third-order valence-electron chi connectivity index (χ3n) is 1.95. The molecule has 7 heteroatoms. The average Bonchev–Trinajstić information content (AvgIpc) is 2.23. The number of carbonyl (C=O) groups excluding carboxylic acids is 2. The molecular formula is C10H13FN4O2. The van der Waals surface area contributed by atoms with Gasteiger partial charge in [-0.05, 0) is 18.2 Å². The van der Waals surface area contributed by atoms with Crippen molar-refractivity contribution in [3.8, 4) is 0 Å². The van der Waals surface area contributed by atoms with E-state index in [0.717, 1.165) is 6.07 Å². The number of anilines is 1. The van der Waals surface area contributed by atoms with Crippen LogP contribution in [0.25, 0.3) is 0 Å². The second-order valence-electron chi connectivity index (χ2n) is 3.29. The summed E-state index contributed by atoms with van der Waals surface area (Å²) >= 11 is 0. The van der Waals surface area contributed by atoms with Gasteiger partial charge >= 0.3 is 6.03 Å².